The van der Waals surface area contributed by atoms with Crippen molar-refractivity contribution in [2.75, 3.05) is 25.5 Å². The number of imidazole rings is 1. The number of aromatic hydroxyl groups is 1. The van der Waals surface area contributed by atoms with E-state index >= 15 is 0 Å². The van der Waals surface area contributed by atoms with Gasteiger partial charge in [-0.3, -0.25) is 4.40 Å². The number of aromatic nitrogens is 4. The topological polar surface area (TPSA) is 78.6 Å². The Kier molecular flexibility index (Phi) is 4.58. The second kappa shape index (κ2) is 6.93. The van der Waals surface area contributed by atoms with Gasteiger partial charge in [-0.05, 0) is 44.6 Å². The third-order valence-electron chi connectivity index (χ3n) is 4.86. The van der Waals surface area contributed by atoms with Crippen molar-refractivity contribution in [2.24, 2.45) is 0 Å². The van der Waals surface area contributed by atoms with Gasteiger partial charge < -0.3 is 15.3 Å². The Morgan fingerprint density at radius 2 is 2.07 bits per heavy atom. The molecule has 3 heterocycles. The van der Waals surface area contributed by atoms with E-state index in [1.807, 2.05) is 0 Å². The number of nitrogens with zero attached hydrogens (tertiary/aromatic N) is 5. The minimum atomic E-state index is -4.53. The van der Waals surface area contributed by atoms with Crippen LogP contribution in [0.1, 0.15) is 18.4 Å². The van der Waals surface area contributed by atoms with Crippen LogP contribution >= 0.6 is 0 Å². The molecule has 4 rings (SSSR count). The highest BCUT2D eigenvalue weighted by atomic mass is 19.4. The zero-order chi connectivity index (χ0) is 19.9. The minimum Gasteiger partial charge on any atom is -0.507 e. The highest BCUT2D eigenvalue weighted by Gasteiger charge is 2.31. The van der Waals surface area contributed by atoms with E-state index in [2.05, 4.69) is 32.4 Å². The Morgan fingerprint density at radius 3 is 2.79 bits per heavy atom. The van der Waals surface area contributed by atoms with Gasteiger partial charge >= 0.3 is 6.18 Å². The van der Waals surface area contributed by atoms with E-state index in [9.17, 15) is 18.3 Å². The molecule has 1 aliphatic rings. The zero-order valence-electron chi connectivity index (χ0n) is 15.1. The Labute approximate surface area is 158 Å². The summed E-state index contributed by atoms with van der Waals surface area (Å²) < 4.78 is 40.1. The first-order valence-corrected chi connectivity index (χ1v) is 8.88. The first-order chi connectivity index (χ1) is 13.3. The molecule has 10 heteroatoms. The van der Waals surface area contributed by atoms with E-state index in [1.54, 1.807) is 16.8 Å². The van der Waals surface area contributed by atoms with Crippen molar-refractivity contribution in [3.63, 3.8) is 0 Å². The number of likely N-dealkylation sites (N-methyl/N-ethyl adjacent to an activating group) is 1. The number of hydrogen-bond acceptors (Lipinski definition) is 6. The Morgan fingerprint density at radius 1 is 1.25 bits per heavy atom. The molecule has 0 aliphatic carbocycles. The molecule has 7 nitrogen and oxygen atoms in total. The number of benzene rings is 1. The van der Waals surface area contributed by atoms with Gasteiger partial charge in [0.05, 0.1) is 11.1 Å². The van der Waals surface area contributed by atoms with Crippen LogP contribution < -0.4 is 5.32 Å². The number of anilines is 1. The third kappa shape index (κ3) is 3.47. The summed E-state index contributed by atoms with van der Waals surface area (Å²) in [6.45, 7) is 1.92. The number of hydrogen-bond donors (Lipinski definition) is 2. The molecule has 1 aromatic carbocycles. The summed E-state index contributed by atoms with van der Waals surface area (Å²) in [5.74, 6) is 0.194. The molecule has 28 heavy (non-hydrogen) atoms. The summed E-state index contributed by atoms with van der Waals surface area (Å²) in [5, 5.41) is 21.8. The van der Waals surface area contributed by atoms with Gasteiger partial charge in [0.1, 0.15) is 5.75 Å². The summed E-state index contributed by atoms with van der Waals surface area (Å²) in [5.41, 5.74) is -0.284. The lowest BCUT2D eigenvalue weighted by atomic mass is 10.1. The van der Waals surface area contributed by atoms with Crippen LogP contribution in [0.5, 0.6) is 5.75 Å². The van der Waals surface area contributed by atoms with E-state index in [4.69, 9.17) is 0 Å². The molecule has 1 saturated heterocycles. The maximum atomic E-state index is 12.8. The number of phenols is 1. The first kappa shape index (κ1) is 18.5. The van der Waals surface area contributed by atoms with E-state index in [1.165, 1.54) is 6.07 Å². The molecule has 1 aliphatic heterocycles. The van der Waals surface area contributed by atoms with Crippen molar-refractivity contribution in [1.29, 1.82) is 0 Å². The summed E-state index contributed by atoms with van der Waals surface area (Å²) in [6, 6.07) is 2.98. The number of nitrogens with one attached hydrogen (secondary N) is 1. The van der Waals surface area contributed by atoms with E-state index in [0.717, 1.165) is 32.0 Å². The molecule has 2 aromatic heterocycles. The molecule has 2 N–H and O–H groups in total. The van der Waals surface area contributed by atoms with Crippen LogP contribution in [0.2, 0.25) is 0 Å². The van der Waals surface area contributed by atoms with E-state index < -0.39 is 17.5 Å². The number of piperidine rings is 1. The fraction of sp³-hybridized carbons (Fsp3) is 0.389. The van der Waals surface area contributed by atoms with Gasteiger partial charge in [0.15, 0.2) is 17.3 Å². The number of fused-ring (bicyclic) bond motifs is 1. The van der Waals surface area contributed by atoms with Crippen LogP contribution in [0.15, 0.2) is 30.6 Å². The van der Waals surface area contributed by atoms with Crippen LogP contribution in [0, 0.1) is 0 Å². The van der Waals surface area contributed by atoms with Gasteiger partial charge in [0, 0.05) is 25.0 Å². The van der Waals surface area contributed by atoms with Crippen LogP contribution in [0.25, 0.3) is 17.0 Å². The fourth-order valence-corrected chi connectivity index (χ4v) is 3.49. The van der Waals surface area contributed by atoms with Crippen molar-refractivity contribution in [2.45, 2.75) is 25.1 Å². The van der Waals surface area contributed by atoms with Gasteiger partial charge in [-0.25, -0.2) is 4.98 Å². The quantitative estimate of drug-likeness (QED) is 0.714. The molecule has 148 valence electrons. The molecular formula is C18H19F3N6O. The lowest BCUT2D eigenvalue weighted by molar-refractivity contribution is -0.137. The van der Waals surface area contributed by atoms with Crippen LogP contribution in [0.4, 0.5) is 19.0 Å². The molecule has 0 amide bonds. The number of halogens is 3. The van der Waals surface area contributed by atoms with Crippen LogP contribution in [-0.2, 0) is 6.18 Å². The summed E-state index contributed by atoms with van der Waals surface area (Å²) in [6.07, 6.45) is 0.729. The average Bonchev–Trinajstić information content (AvgIpc) is 3.12. The fourth-order valence-electron chi connectivity index (χ4n) is 3.49. The molecular weight excluding hydrogens is 373 g/mol. The molecule has 0 saturated carbocycles. The average molecular weight is 392 g/mol. The van der Waals surface area contributed by atoms with Crippen molar-refractivity contribution in [3.8, 4) is 17.1 Å². The summed E-state index contributed by atoms with van der Waals surface area (Å²) in [4.78, 5) is 6.53. The highest BCUT2D eigenvalue weighted by Crippen LogP contribution is 2.36. The van der Waals surface area contributed by atoms with Gasteiger partial charge in [-0.2, -0.15) is 13.2 Å². The molecule has 1 atom stereocenters. The standard InChI is InChI=1S/C18H19F3N6O/c1-26-7-2-3-12(10-26)23-15-17-22-6-8-27(17)16(25-24-15)13-5-4-11(9-14(13)28)18(19,20)21/h4-6,8-9,12,28H,2-3,7,10H2,1H3,(H,23,24)/t12-/m0/s1. The van der Waals surface area contributed by atoms with Crippen molar-refractivity contribution < 1.29 is 18.3 Å². The Bertz CT molecular complexity index is 1000. The monoisotopic (exact) mass is 392 g/mol. The van der Waals surface area contributed by atoms with Gasteiger partial charge in [-0.1, -0.05) is 0 Å². The Hall–Kier alpha value is -2.88. The highest BCUT2D eigenvalue weighted by molar-refractivity contribution is 5.71. The molecule has 0 bridgehead atoms. The molecule has 0 radical (unpaired) electrons. The van der Waals surface area contributed by atoms with Crippen molar-refractivity contribution >= 4 is 11.5 Å². The summed E-state index contributed by atoms with van der Waals surface area (Å²) >= 11 is 0. The van der Waals surface area contributed by atoms with Gasteiger partial charge in [-0.15, -0.1) is 10.2 Å². The maximum absolute atomic E-state index is 12.8. The van der Waals surface area contributed by atoms with Gasteiger partial charge in [0.2, 0.25) is 0 Å². The Balaban J connectivity index is 1.70. The molecule has 1 fully saturated rings. The van der Waals surface area contributed by atoms with E-state index in [0.29, 0.717) is 17.5 Å². The summed E-state index contributed by atoms with van der Waals surface area (Å²) in [7, 11) is 2.06. The number of likely N-dealkylation sites (tertiary alicyclic amines) is 1. The third-order valence-corrected chi connectivity index (χ3v) is 4.86. The maximum Gasteiger partial charge on any atom is 0.416 e. The second-order valence-corrected chi connectivity index (χ2v) is 6.97. The number of rotatable bonds is 3. The van der Waals surface area contributed by atoms with Crippen LogP contribution in [-0.4, -0.2) is 55.8 Å². The predicted molar refractivity (Wildman–Crippen MR) is 97.0 cm³/mol. The number of alkyl halides is 3. The SMILES string of the molecule is CN1CCC[C@H](Nc2nnc(-c3ccc(C(F)(F)F)cc3O)n3ccnc23)C1. The second-order valence-electron chi connectivity index (χ2n) is 6.97. The van der Waals surface area contributed by atoms with Crippen molar-refractivity contribution in [3.05, 3.63) is 36.2 Å². The largest absolute Gasteiger partial charge is 0.507 e. The molecule has 0 spiro atoms. The lowest BCUT2D eigenvalue weighted by Crippen LogP contribution is -2.40. The smallest absolute Gasteiger partial charge is 0.416 e. The lowest BCUT2D eigenvalue weighted by Gasteiger charge is -2.30. The number of phenolic OH excluding ortho intramolecular Hbond substituents is 1. The van der Waals surface area contributed by atoms with Gasteiger partial charge in [0.25, 0.3) is 0 Å². The normalized spacial score (nSPS) is 18.5. The predicted octanol–water partition coefficient (Wildman–Crippen LogP) is 3.02. The van der Waals surface area contributed by atoms with Crippen LogP contribution in [0.3, 0.4) is 0 Å². The van der Waals surface area contributed by atoms with E-state index in [-0.39, 0.29) is 17.4 Å². The minimum absolute atomic E-state index is 0.146. The zero-order valence-corrected chi connectivity index (χ0v) is 15.1. The molecule has 3 aromatic rings. The van der Waals surface area contributed by atoms with Crippen molar-refractivity contribution in [1.82, 2.24) is 24.5 Å². The first-order valence-electron chi connectivity index (χ1n) is 8.88. The molecule has 0 unspecified atom stereocenters.